The Morgan fingerprint density at radius 3 is 2.42 bits per heavy atom. The Labute approximate surface area is 143 Å². The van der Waals surface area contributed by atoms with Crippen LogP contribution in [0, 0.1) is 12.8 Å². The fraction of sp³-hybridized carbons (Fsp3) is 0.500. The number of hydrogen-bond acceptors (Lipinski definition) is 2. The first-order valence-corrected chi connectivity index (χ1v) is 8.64. The smallest absolute Gasteiger partial charge is 0.247 e. The molecule has 1 aromatic rings. The van der Waals surface area contributed by atoms with Crippen molar-refractivity contribution in [2.75, 3.05) is 0 Å². The van der Waals surface area contributed by atoms with Crippen molar-refractivity contribution in [2.45, 2.75) is 58.2 Å². The Morgan fingerprint density at radius 2 is 1.79 bits per heavy atom. The van der Waals surface area contributed by atoms with E-state index in [9.17, 15) is 9.59 Å². The molecule has 1 aromatic carbocycles. The number of allylic oxidation sites excluding steroid dienone is 1. The molecule has 1 unspecified atom stereocenters. The molecule has 1 aliphatic carbocycles. The molecule has 1 N–H and O–H groups in total. The van der Waals surface area contributed by atoms with Gasteiger partial charge in [0.15, 0.2) is 0 Å². The van der Waals surface area contributed by atoms with E-state index in [1.807, 2.05) is 52.0 Å². The van der Waals surface area contributed by atoms with E-state index >= 15 is 0 Å². The number of aryl methyl sites for hydroxylation is 1. The van der Waals surface area contributed by atoms with Gasteiger partial charge >= 0.3 is 0 Å². The first-order valence-electron chi connectivity index (χ1n) is 8.64. The van der Waals surface area contributed by atoms with Crippen molar-refractivity contribution in [1.82, 2.24) is 10.2 Å². The van der Waals surface area contributed by atoms with Gasteiger partial charge < -0.3 is 10.2 Å². The highest BCUT2D eigenvalue weighted by molar-refractivity contribution is 5.94. The minimum Gasteiger partial charge on any atom is -0.349 e. The van der Waals surface area contributed by atoms with Gasteiger partial charge in [0.2, 0.25) is 11.8 Å². The molecule has 1 fully saturated rings. The molecule has 0 bridgehead atoms. The summed E-state index contributed by atoms with van der Waals surface area (Å²) in [6.07, 6.45) is 5.82. The number of likely N-dealkylation sites (tertiary alicyclic amines) is 1. The lowest BCUT2D eigenvalue weighted by Crippen LogP contribution is -2.64. The number of benzene rings is 1. The van der Waals surface area contributed by atoms with Crippen LogP contribution in [-0.4, -0.2) is 28.3 Å². The monoisotopic (exact) mass is 326 g/mol. The van der Waals surface area contributed by atoms with Crippen molar-refractivity contribution in [3.05, 3.63) is 47.5 Å². The summed E-state index contributed by atoms with van der Waals surface area (Å²) in [7, 11) is 0. The highest BCUT2D eigenvalue weighted by atomic mass is 16.2. The molecule has 0 saturated carbocycles. The molecule has 4 nitrogen and oxygen atoms in total. The molecule has 0 spiro atoms. The molecule has 2 amide bonds. The van der Waals surface area contributed by atoms with Crippen LogP contribution in [0.25, 0.3) is 0 Å². The standard InChI is InChI=1S/C20H26N2O2/c1-13-9-11-14(12-10-13)17(18(23)21-20(2,3)4)22-16-8-6-5-7-15(16)19(22)24/h5-6,9-12,15-17H,7-8H2,1-4H3,(H,21,23)/t15-,16+,17?/m1/s1. The van der Waals surface area contributed by atoms with Gasteiger partial charge in [-0.2, -0.15) is 0 Å². The van der Waals surface area contributed by atoms with Crippen molar-refractivity contribution in [3.63, 3.8) is 0 Å². The zero-order valence-electron chi connectivity index (χ0n) is 14.9. The summed E-state index contributed by atoms with van der Waals surface area (Å²) in [6.45, 7) is 7.90. The number of nitrogens with zero attached hydrogens (tertiary/aromatic N) is 1. The number of carbonyl (C=O) groups excluding carboxylic acids is 2. The average Bonchev–Trinajstić information content (AvgIpc) is 2.51. The van der Waals surface area contributed by atoms with E-state index in [-0.39, 0.29) is 29.3 Å². The van der Waals surface area contributed by atoms with Crippen LogP contribution in [0.2, 0.25) is 0 Å². The minimum atomic E-state index is -0.551. The number of amides is 2. The third-order valence-corrected chi connectivity index (χ3v) is 4.75. The lowest BCUT2D eigenvalue weighted by Gasteiger charge is -2.51. The molecule has 24 heavy (non-hydrogen) atoms. The highest BCUT2D eigenvalue weighted by Gasteiger charge is 2.52. The highest BCUT2D eigenvalue weighted by Crippen LogP contribution is 2.41. The summed E-state index contributed by atoms with van der Waals surface area (Å²) in [6, 6.07) is 7.50. The normalized spacial score (nSPS) is 24.2. The molecule has 3 atom stereocenters. The van der Waals surface area contributed by atoms with E-state index in [4.69, 9.17) is 0 Å². The first kappa shape index (κ1) is 16.7. The molecule has 0 aromatic heterocycles. The van der Waals surface area contributed by atoms with Gasteiger partial charge in [0.25, 0.3) is 0 Å². The predicted molar refractivity (Wildman–Crippen MR) is 94.3 cm³/mol. The number of nitrogens with one attached hydrogen (secondary N) is 1. The molecule has 1 aliphatic heterocycles. The van der Waals surface area contributed by atoms with Crippen LogP contribution in [0.4, 0.5) is 0 Å². The van der Waals surface area contributed by atoms with Gasteiger partial charge in [-0.05, 0) is 46.1 Å². The number of fused-ring (bicyclic) bond motifs is 1. The van der Waals surface area contributed by atoms with E-state index in [1.54, 1.807) is 4.90 Å². The Bertz CT molecular complexity index is 670. The summed E-state index contributed by atoms with van der Waals surface area (Å²) < 4.78 is 0. The molecule has 0 radical (unpaired) electrons. The summed E-state index contributed by atoms with van der Waals surface area (Å²) in [5, 5.41) is 3.05. The van der Waals surface area contributed by atoms with Crippen LogP contribution in [0.3, 0.4) is 0 Å². The van der Waals surface area contributed by atoms with Crippen molar-refractivity contribution in [3.8, 4) is 0 Å². The molecule has 2 aliphatic rings. The maximum absolute atomic E-state index is 13.0. The Morgan fingerprint density at radius 1 is 1.17 bits per heavy atom. The van der Waals surface area contributed by atoms with Gasteiger partial charge in [0.05, 0.1) is 5.92 Å². The number of hydrogen-bond donors (Lipinski definition) is 1. The van der Waals surface area contributed by atoms with Gasteiger partial charge in [0.1, 0.15) is 6.04 Å². The fourth-order valence-electron chi connectivity index (χ4n) is 3.59. The molecule has 1 heterocycles. The Hall–Kier alpha value is -2.10. The van der Waals surface area contributed by atoms with Crippen LogP contribution in [0.5, 0.6) is 0 Å². The van der Waals surface area contributed by atoms with Gasteiger partial charge in [-0.1, -0.05) is 42.0 Å². The van der Waals surface area contributed by atoms with Gasteiger partial charge in [-0.25, -0.2) is 0 Å². The Kier molecular flexibility index (Phi) is 4.24. The molecule has 1 saturated heterocycles. The molecule has 4 heteroatoms. The summed E-state index contributed by atoms with van der Waals surface area (Å²) in [5.74, 6) is 0.0390. The SMILES string of the molecule is Cc1ccc(C(C(=O)NC(C)(C)C)N2C(=O)[C@@H]3CC=CC[C@@H]32)cc1. The van der Waals surface area contributed by atoms with Gasteiger partial charge in [-0.3, -0.25) is 9.59 Å². The van der Waals surface area contributed by atoms with E-state index < -0.39 is 6.04 Å². The summed E-state index contributed by atoms with van der Waals surface area (Å²) >= 11 is 0. The van der Waals surface area contributed by atoms with Crippen LogP contribution in [0.1, 0.15) is 50.8 Å². The topological polar surface area (TPSA) is 49.4 Å². The molecule has 128 valence electrons. The summed E-state index contributed by atoms with van der Waals surface area (Å²) in [5.41, 5.74) is 1.69. The largest absolute Gasteiger partial charge is 0.349 e. The number of carbonyl (C=O) groups is 2. The van der Waals surface area contributed by atoms with Crippen molar-refractivity contribution >= 4 is 11.8 Å². The number of β-lactam (4-membered cyclic amide) rings is 1. The summed E-state index contributed by atoms with van der Waals surface area (Å²) in [4.78, 5) is 27.4. The van der Waals surface area contributed by atoms with Crippen LogP contribution < -0.4 is 5.32 Å². The quantitative estimate of drug-likeness (QED) is 0.685. The van der Waals surface area contributed by atoms with Crippen molar-refractivity contribution in [1.29, 1.82) is 0 Å². The lowest BCUT2D eigenvalue weighted by atomic mass is 9.77. The molecular weight excluding hydrogens is 300 g/mol. The van der Waals surface area contributed by atoms with E-state index in [0.717, 1.165) is 24.0 Å². The second-order valence-electron chi connectivity index (χ2n) is 7.91. The third-order valence-electron chi connectivity index (χ3n) is 4.75. The fourth-order valence-corrected chi connectivity index (χ4v) is 3.59. The van der Waals surface area contributed by atoms with Crippen LogP contribution >= 0.6 is 0 Å². The van der Waals surface area contributed by atoms with Gasteiger partial charge in [-0.15, -0.1) is 0 Å². The molecular formula is C20H26N2O2. The second kappa shape index (κ2) is 6.08. The Balaban J connectivity index is 1.93. The number of rotatable bonds is 3. The van der Waals surface area contributed by atoms with E-state index in [1.165, 1.54) is 0 Å². The lowest BCUT2D eigenvalue weighted by molar-refractivity contribution is -0.165. The maximum atomic E-state index is 13.0. The zero-order chi connectivity index (χ0) is 17.5. The average molecular weight is 326 g/mol. The van der Waals surface area contributed by atoms with Gasteiger partial charge in [0, 0.05) is 11.6 Å². The zero-order valence-corrected chi connectivity index (χ0v) is 14.9. The first-order chi connectivity index (χ1) is 11.3. The van der Waals surface area contributed by atoms with E-state index in [0.29, 0.717) is 0 Å². The van der Waals surface area contributed by atoms with Crippen molar-refractivity contribution in [2.24, 2.45) is 5.92 Å². The molecule has 3 rings (SSSR count). The maximum Gasteiger partial charge on any atom is 0.247 e. The van der Waals surface area contributed by atoms with Crippen LogP contribution in [0.15, 0.2) is 36.4 Å². The van der Waals surface area contributed by atoms with Crippen molar-refractivity contribution < 1.29 is 9.59 Å². The second-order valence-corrected chi connectivity index (χ2v) is 7.91. The van der Waals surface area contributed by atoms with E-state index in [2.05, 4.69) is 17.5 Å². The minimum absolute atomic E-state index is 0.0467. The van der Waals surface area contributed by atoms with Crippen LogP contribution in [-0.2, 0) is 9.59 Å². The third kappa shape index (κ3) is 3.10. The predicted octanol–water partition coefficient (Wildman–Crippen LogP) is 3.13.